The fourth-order valence-electron chi connectivity index (χ4n) is 2.11. The molecule has 1 aliphatic rings. The third-order valence-electron chi connectivity index (χ3n) is 3.39. The molecule has 0 saturated heterocycles. The van der Waals surface area contributed by atoms with Gasteiger partial charge in [-0.15, -0.1) is 0 Å². The molecule has 0 fully saturated rings. The Labute approximate surface area is 116 Å². The zero-order chi connectivity index (χ0) is 13.9. The molecule has 1 aliphatic heterocycles. The minimum atomic E-state index is 0.332. The average Bonchev–Trinajstić information content (AvgIpc) is 2.36. The van der Waals surface area contributed by atoms with Crippen molar-refractivity contribution in [3.05, 3.63) is 23.8 Å². The second-order valence-corrected chi connectivity index (χ2v) is 6.39. The first-order valence-corrected chi connectivity index (χ1v) is 7.09. The molecule has 0 spiro atoms. The van der Waals surface area contributed by atoms with Crippen LogP contribution in [-0.2, 0) is 0 Å². The number of ether oxygens (including phenoxy) is 2. The lowest BCUT2D eigenvalue weighted by molar-refractivity contribution is 0.171. The summed E-state index contributed by atoms with van der Waals surface area (Å²) in [4.78, 5) is 0. The van der Waals surface area contributed by atoms with Gasteiger partial charge in [-0.05, 0) is 43.0 Å². The lowest BCUT2D eigenvalue weighted by Gasteiger charge is -2.23. The van der Waals surface area contributed by atoms with Crippen molar-refractivity contribution in [2.75, 3.05) is 19.8 Å². The molecule has 106 valence electrons. The maximum Gasteiger partial charge on any atom is 0.161 e. The Morgan fingerprint density at radius 1 is 1.16 bits per heavy atom. The van der Waals surface area contributed by atoms with Gasteiger partial charge in [0.1, 0.15) is 13.2 Å². The first-order chi connectivity index (χ1) is 8.96. The lowest BCUT2D eigenvalue weighted by Crippen LogP contribution is -2.24. The molecular weight excluding hydrogens is 238 g/mol. The van der Waals surface area contributed by atoms with E-state index in [1.807, 2.05) is 6.07 Å². The van der Waals surface area contributed by atoms with Crippen LogP contribution in [0.1, 0.15) is 45.7 Å². The Morgan fingerprint density at radius 3 is 2.53 bits per heavy atom. The van der Waals surface area contributed by atoms with Crippen molar-refractivity contribution in [3.63, 3.8) is 0 Å². The highest BCUT2D eigenvalue weighted by atomic mass is 16.6. The van der Waals surface area contributed by atoms with Crippen molar-refractivity contribution in [2.45, 2.75) is 40.2 Å². The van der Waals surface area contributed by atoms with Crippen molar-refractivity contribution < 1.29 is 9.47 Å². The number of benzene rings is 1. The van der Waals surface area contributed by atoms with Gasteiger partial charge in [-0.25, -0.2) is 0 Å². The molecule has 0 saturated carbocycles. The van der Waals surface area contributed by atoms with Crippen LogP contribution in [0, 0.1) is 5.41 Å². The summed E-state index contributed by atoms with van der Waals surface area (Å²) in [6.45, 7) is 11.3. The van der Waals surface area contributed by atoms with Crippen LogP contribution >= 0.6 is 0 Å². The Balaban J connectivity index is 1.94. The maximum absolute atomic E-state index is 5.62. The Kier molecular flexibility index (Phi) is 4.35. The van der Waals surface area contributed by atoms with Gasteiger partial charge in [0.15, 0.2) is 11.5 Å². The molecule has 1 aromatic rings. The molecular formula is C16H25NO2. The molecule has 1 atom stereocenters. The van der Waals surface area contributed by atoms with Gasteiger partial charge in [0.2, 0.25) is 0 Å². The monoisotopic (exact) mass is 263 g/mol. The first kappa shape index (κ1) is 14.2. The minimum absolute atomic E-state index is 0.332. The maximum atomic E-state index is 5.62. The zero-order valence-electron chi connectivity index (χ0n) is 12.5. The molecule has 0 amide bonds. The number of hydrogen-bond donors (Lipinski definition) is 1. The summed E-state index contributed by atoms with van der Waals surface area (Å²) in [6.07, 6.45) is 1.17. The van der Waals surface area contributed by atoms with Crippen LogP contribution in [0.3, 0.4) is 0 Å². The van der Waals surface area contributed by atoms with Crippen LogP contribution in [0.2, 0.25) is 0 Å². The van der Waals surface area contributed by atoms with Gasteiger partial charge in [-0.3, -0.25) is 0 Å². The molecule has 1 N–H and O–H groups in total. The smallest absolute Gasteiger partial charge is 0.161 e. The second kappa shape index (κ2) is 5.83. The van der Waals surface area contributed by atoms with E-state index in [1.165, 1.54) is 12.0 Å². The van der Waals surface area contributed by atoms with Crippen molar-refractivity contribution in [1.29, 1.82) is 0 Å². The summed E-state index contributed by atoms with van der Waals surface area (Å²) >= 11 is 0. The number of nitrogens with one attached hydrogen (secondary N) is 1. The normalized spacial score (nSPS) is 16.2. The largest absolute Gasteiger partial charge is 0.486 e. The molecule has 1 heterocycles. The van der Waals surface area contributed by atoms with E-state index in [0.29, 0.717) is 24.7 Å². The summed E-state index contributed by atoms with van der Waals surface area (Å²) < 4.78 is 11.2. The van der Waals surface area contributed by atoms with Gasteiger partial charge in [0, 0.05) is 6.04 Å². The highest BCUT2D eigenvalue weighted by Crippen LogP contribution is 2.32. The Morgan fingerprint density at radius 2 is 1.84 bits per heavy atom. The Hall–Kier alpha value is -1.22. The van der Waals surface area contributed by atoms with Crippen LogP contribution in [-0.4, -0.2) is 19.8 Å². The SMILES string of the molecule is CC(NCCC(C)(C)C)c1ccc2c(c1)OCCO2. The molecule has 0 radical (unpaired) electrons. The van der Waals surface area contributed by atoms with Crippen molar-refractivity contribution in [2.24, 2.45) is 5.41 Å². The summed E-state index contributed by atoms with van der Waals surface area (Å²) in [5.41, 5.74) is 1.62. The Bertz CT molecular complexity index is 423. The van der Waals surface area contributed by atoms with E-state index >= 15 is 0 Å². The van der Waals surface area contributed by atoms with E-state index < -0.39 is 0 Å². The van der Waals surface area contributed by atoms with Gasteiger partial charge in [-0.1, -0.05) is 26.8 Å². The molecule has 19 heavy (non-hydrogen) atoms. The number of fused-ring (bicyclic) bond motifs is 1. The molecule has 3 heteroatoms. The van der Waals surface area contributed by atoms with E-state index in [2.05, 4.69) is 45.1 Å². The summed E-state index contributed by atoms with van der Waals surface area (Å²) in [7, 11) is 0. The van der Waals surface area contributed by atoms with E-state index in [-0.39, 0.29) is 0 Å². The summed E-state index contributed by atoms with van der Waals surface area (Å²) in [6, 6.07) is 6.54. The average molecular weight is 263 g/mol. The van der Waals surface area contributed by atoms with Gasteiger partial charge < -0.3 is 14.8 Å². The predicted octanol–water partition coefficient (Wildman–Crippen LogP) is 3.54. The first-order valence-electron chi connectivity index (χ1n) is 7.09. The fourth-order valence-corrected chi connectivity index (χ4v) is 2.11. The third kappa shape index (κ3) is 4.13. The van der Waals surface area contributed by atoms with Crippen molar-refractivity contribution >= 4 is 0 Å². The predicted molar refractivity (Wildman–Crippen MR) is 77.9 cm³/mol. The van der Waals surface area contributed by atoms with Crippen molar-refractivity contribution in [1.82, 2.24) is 5.32 Å². The van der Waals surface area contributed by atoms with E-state index in [4.69, 9.17) is 9.47 Å². The molecule has 1 unspecified atom stereocenters. The van der Waals surface area contributed by atoms with Crippen LogP contribution < -0.4 is 14.8 Å². The molecule has 3 nitrogen and oxygen atoms in total. The molecule has 0 aromatic heterocycles. The quantitative estimate of drug-likeness (QED) is 0.901. The molecule has 1 aromatic carbocycles. The highest BCUT2D eigenvalue weighted by Gasteiger charge is 2.15. The lowest BCUT2D eigenvalue weighted by atomic mass is 9.92. The summed E-state index contributed by atoms with van der Waals surface area (Å²) in [5.74, 6) is 1.73. The van der Waals surface area contributed by atoms with Crippen LogP contribution in [0.15, 0.2) is 18.2 Å². The zero-order valence-corrected chi connectivity index (χ0v) is 12.5. The number of rotatable bonds is 4. The minimum Gasteiger partial charge on any atom is -0.486 e. The van der Waals surface area contributed by atoms with Gasteiger partial charge in [0.25, 0.3) is 0 Å². The second-order valence-electron chi connectivity index (χ2n) is 6.39. The van der Waals surface area contributed by atoms with E-state index in [1.54, 1.807) is 0 Å². The number of hydrogen-bond acceptors (Lipinski definition) is 3. The topological polar surface area (TPSA) is 30.5 Å². The standard InChI is InChI=1S/C16H25NO2/c1-12(17-8-7-16(2,3)4)13-5-6-14-15(11-13)19-10-9-18-14/h5-6,11-12,17H,7-10H2,1-4H3. The van der Waals surface area contributed by atoms with E-state index in [9.17, 15) is 0 Å². The highest BCUT2D eigenvalue weighted by molar-refractivity contribution is 5.44. The molecule has 2 rings (SSSR count). The third-order valence-corrected chi connectivity index (χ3v) is 3.39. The van der Waals surface area contributed by atoms with Crippen LogP contribution in [0.5, 0.6) is 11.5 Å². The molecule has 0 bridgehead atoms. The van der Waals surface area contributed by atoms with Gasteiger partial charge >= 0.3 is 0 Å². The van der Waals surface area contributed by atoms with Crippen LogP contribution in [0.4, 0.5) is 0 Å². The fraction of sp³-hybridized carbons (Fsp3) is 0.625. The van der Waals surface area contributed by atoms with Crippen LogP contribution in [0.25, 0.3) is 0 Å². The van der Waals surface area contributed by atoms with Gasteiger partial charge in [0.05, 0.1) is 0 Å². The molecule has 0 aliphatic carbocycles. The van der Waals surface area contributed by atoms with Crippen molar-refractivity contribution in [3.8, 4) is 11.5 Å². The van der Waals surface area contributed by atoms with Gasteiger partial charge in [-0.2, -0.15) is 0 Å². The van der Waals surface area contributed by atoms with E-state index in [0.717, 1.165) is 18.0 Å². The summed E-state index contributed by atoms with van der Waals surface area (Å²) in [5, 5.41) is 3.57.